The number of nitrogens with two attached hydrogens (primary N) is 1. The minimum atomic E-state index is -4.29. The van der Waals surface area contributed by atoms with Crippen molar-refractivity contribution in [1.82, 2.24) is 5.32 Å². The summed E-state index contributed by atoms with van der Waals surface area (Å²) in [7, 11) is -4.29. The van der Waals surface area contributed by atoms with Gasteiger partial charge in [-0.05, 0) is 12.8 Å². The van der Waals surface area contributed by atoms with Crippen LogP contribution in [0.5, 0.6) is 0 Å². The highest BCUT2D eigenvalue weighted by molar-refractivity contribution is 7.47. The first kappa shape index (κ1) is 40.5. The van der Waals surface area contributed by atoms with Crippen LogP contribution < -0.4 is 11.1 Å². The zero-order valence-corrected chi connectivity index (χ0v) is 27.7. The second-order valence-corrected chi connectivity index (χ2v) is 13.2. The molecule has 0 aromatic heterocycles. The van der Waals surface area contributed by atoms with Crippen molar-refractivity contribution in [3.05, 3.63) is 0 Å². The molecule has 0 aliphatic heterocycles. The van der Waals surface area contributed by atoms with Crippen LogP contribution in [-0.2, 0) is 18.4 Å². The summed E-state index contributed by atoms with van der Waals surface area (Å²) < 4.78 is 22.0. The second kappa shape index (κ2) is 29.6. The molecule has 3 atom stereocenters. The number of hydrogen-bond acceptors (Lipinski definition) is 6. The minimum absolute atomic E-state index is 0.0918. The third-order valence-corrected chi connectivity index (χ3v) is 8.70. The normalized spacial score (nSPS) is 14.6. The maximum absolute atomic E-state index is 12.6. The van der Waals surface area contributed by atoms with E-state index in [1.54, 1.807) is 0 Å². The molecule has 1 amide bonds. The van der Waals surface area contributed by atoms with E-state index in [0.29, 0.717) is 12.8 Å². The Labute approximate surface area is 252 Å². The average Bonchev–Trinajstić information content (AvgIpc) is 2.95. The fourth-order valence-corrected chi connectivity index (χ4v) is 5.84. The Kier molecular flexibility index (Phi) is 29.2. The van der Waals surface area contributed by atoms with E-state index in [1.807, 2.05) is 0 Å². The molecule has 0 aliphatic carbocycles. The van der Waals surface area contributed by atoms with Gasteiger partial charge < -0.3 is 21.1 Å². The smallest absolute Gasteiger partial charge is 0.391 e. The van der Waals surface area contributed by atoms with E-state index < -0.39 is 20.0 Å². The molecular formula is C32H67N2O6P. The molecule has 0 aromatic rings. The van der Waals surface area contributed by atoms with Crippen LogP contribution in [0.2, 0.25) is 0 Å². The van der Waals surface area contributed by atoms with Gasteiger partial charge in [0, 0.05) is 13.0 Å². The summed E-state index contributed by atoms with van der Waals surface area (Å²) in [5, 5.41) is 13.7. The van der Waals surface area contributed by atoms with Crippen molar-refractivity contribution in [2.75, 3.05) is 19.8 Å². The van der Waals surface area contributed by atoms with E-state index in [1.165, 1.54) is 103 Å². The first-order valence-electron chi connectivity index (χ1n) is 17.2. The highest BCUT2D eigenvalue weighted by Crippen LogP contribution is 2.43. The topological polar surface area (TPSA) is 131 Å². The van der Waals surface area contributed by atoms with Crippen molar-refractivity contribution < 1.29 is 28.4 Å². The van der Waals surface area contributed by atoms with Gasteiger partial charge in [0.15, 0.2) is 0 Å². The zero-order chi connectivity index (χ0) is 30.4. The summed E-state index contributed by atoms with van der Waals surface area (Å²) in [6.45, 7) is 4.17. The molecule has 246 valence electrons. The molecule has 0 fully saturated rings. The summed E-state index contributed by atoms with van der Waals surface area (Å²) in [4.78, 5) is 22.5. The molecule has 0 rings (SSSR count). The van der Waals surface area contributed by atoms with Gasteiger partial charge in [-0.3, -0.25) is 13.8 Å². The number of hydrogen-bond donors (Lipinski definition) is 4. The highest BCUT2D eigenvalue weighted by atomic mass is 31.2. The number of aliphatic hydroxyl groups excluding tert-OH is 1. The van der Waals surface area contributed by atoms with E-state index in [0.717, 1.165) is 38.5 Å². The Morgan fingerprint density at radius 3 is 1.56 bits per heavy atom. The summed E-state index contributed by atoms with van der Waals surface area (Å²) in [6.07, 6.45) is 26.7. The molecule has 0 saturated heterocycles. The summed E-state index contributed by atoms with van der Waals surface area (Å²) >= 11 is 0. The Bertz CT molecular complexity index is 625. The van der Waals surface area contributed by atoms with Gasteiger partial charge >= 0.3 is 7.82 Å². The molecule has 9 heteroatoms. The molecule has 0 spiro atoms. The van der Waals surface area contributed by atoms with Gasteiger partial charge in [-0.25, -0.2) is 4.57 Å². The maximum Gasteiger partial charge on any atom is 0.472 e. The van der Waals surface area contributed by atoms with Crippen LogP contribution in [0.4, 0.5) is 0 Å². The fraction of sp³-hybridized carbons (Fsp3) is 0.969. The standard InChI is InChI=1S/C32H67N2O6P/c1-3-5-7-9-11-13-15-16-17-19-21-23-25-31(35)30(29-40-41(37,38)39-28-27-33)34-32(36)26-24-22-20-18-14-12-10-8-6-4-2/h30-31,35H,3-29,33H2,1-2H3,(H,34,36)(H,37,38). The number of unbranched alkanes of at least 4 members (excludes halogenated alkanes) is 20. The molecule has 0 heterocycles. The maximum atomic E-state index is 12.6. The fourth-order valence-electron chi connectivity index (χ4n) is 5.08. The number of carbonyl (C=O) groups excluding carboxylic acids is 1. The summed E-state index contributed by atoms with van der Waals surface area (Å²) in [5.74, 6) is -0.164. The van der Waals surface area contributed by atoms with Gasteiger partial charge in [-0.2, -0.15) is 0 Å². The van der Waals surface area contributed by atoms with E-state index in [4.69, 9.17) is 14.8 Å². The van der Waals surface area contributed by atoms with E-state index in [9.17, 15) is 19.4 Å². The lowest BCUT2D eigenvalue weighted by Crippen LogP contribution is -2.46. The minimum Gasteiger partial charge on any atom is -0.391 e. The average molecular weight is 607 g/mol. The van der Waals surface area contributed by atoms with E-state index in [2.05, 4.69) is 19.2 Å². The number of amides is 1. The molecular weight excluding hydrogens is 539 g/mol. The Morgan fingerprint density at radius 1 is 0.707 bits per heavy atom. The second-order valence-electron chi connectivity index (χ2n) is 11.7. The summed E-state index contributed by atoms with van der Waals surface area (Å²) in [5.41, 5.74) is 5.34. The lowest BCUT2D eigenvalue weighted by atomic mass is 10.0. The third-order valence-electron chi connectivity index (χ3n) is 7.71. The van der Waals surface area contributed by atoms with Crippen molar-refractivity contribution >= 4 is 13.7 Å². The molecule has 8 nitrogen and oxygen atoms in total. The van der Waals surface area contributed by atoms with Crippen molar-refractivity contribution in [2.24, 2.45) is 5.73 Å². The lowest BCUT2D eigenvalue weighted by Gasteiger charge is -2.25. The first-order chi connectivity index (χ1) is 19.9. The number of carbonyl (C=O) groups is 1. The Hall–Kier alpha value is -0.500. The molecule has 0 bridgehead atoms. The molecule has 0 radical (unpaired) electrons. The van der Waals surface area contributed by atoms with E-state index >= 15 is 0 Å². The van der Waals surface area contributed by atoms with Gasteiger partial charge in [0.2, 0.25) is 5.91 Å². The van der Waals surface area contributed by atoms with E-state index in [-0.39, 0.29) is 25.7 Å². The van der Waals surface area contributed by atoms with Crippen LogP contribution in [0, 0.1) is 0 Å². The summed E-state index contributed by atoms with van der Waals surface area (Å²) in [6, 6.07) is -0.764. The van der Waals surface area contributed by atoms with Crippen LogP contribution in [0.3, 0.4) is 0 Å². The van der Waals surface area contributed by atoms with Gasteiger partial charge in [0.05, 0.1) is 25.4 Å². The largest absolute Gasteiger partial charge is 0.472 e. The monoisotopic (exact) mass is 606 g/mol. The van der Waals surface area contributed by atoms with Gasteiger partial charge in [0.25, 0.3) is 0 Å². The number of phosphoric acid groups is 1. The van der Waals surface area contributed by atoms with Crippen LogP contribution in [0.1, 0.15) is 168 Å². The van der Waals surface area contributed by atoms with Crippen LogP contribution in [0.15, 0.2) is 0 Å². The zero-order valence-electron chi connectivity index (χ0n) is 26.8. The van der Waals surface area contributed by atoms with Crippen molar-refractivity contribution in [3.63, 3.8) is 0 Å². The van der Waals surface area contributed by atoms with Crippen LogP contribution in [-0.4, -0.2) is 47.8 Å². The van der Waals surface area contributed by atoms with Crippen LogP contribution in [0.25, 0.3) is 0 Å². The van der Waals surface area contributed by atoms with Gasteiger partial charge in [-0.15, -0.1) is 0 Å². The first-order valence-corrected chi connectivity index (χ1v) is 18.6. The number of aliphatic hydroxyl groups is 1. The van der Waals surface area contributed by atoms with Gasteiger partial charge in [0.1, 0.15) is 0 Å². The molecule has 5 N–H and O–H groups in total. The predicted octanol–water partition coefficient (Wildman–Crippen LogP) is 8.33. The number of phosphoric ester groups is 1. The molecule has 0 aromatic carbocycles. The highest BCUT2D eigenvalue weighted by Gasteiger charge is 2.27. The van der Waals surface area contributed by atoms with Crippen LogP contribution >= 0.6 is 7.82 Å². The number of rotatable bonds is 32. The van der Waals surface area contributed by atoms with Crippen molar-refractivity contribution in [1.29, 1.82) is 0 Å². The molecule has 41 heavy (non-hydrogen) atoms. The number of nitrogens with one attached hydrogen (secondary N) is 1. The SMILES string of the molecule is CCCCCCCCCCCCCCC(O)C(COP(=O)(O)OCCN)NC(=O)CCCCCCCCCCCC. The lowest BCUT2D eigenvalue weighted by molar-refractivity contribution is -0.123. The van der Waals surface area contributed by atoms with Crippen molar-refractivity contribution in [2.45, 2.75) is 180 Å². The molecule has 0 saturated carbocycles. The van der Waals surface area contributed by atoms with Crippen molar-refractivity contribution in [3.8, 4) is 0 Å². The Morgan fingerprint density at radius 2 is 1.12 bits per heavy atom. The predicted molar refractivity (Wildman–Crippen MR) is 171 cm³/mol. The quantitative estimate of drug-likeness (QED) is 0.0447. The third kappa shape index (κ3) is 28.1. The van der Waals surface area contributed by atoms with Gasteiger partial charge in [-0.1, -0.05) is 149 Å². The molecule has 3 unspecified atom stereocenters. The Balaban J connectivity index is 4.30. The molecule has 0 aliphatic rings.